The molecule has 0 radical (unpaired) electrons. The number of nitrogens with two attached hydrogens (primary N) is 1. The van der Waals surface area contributed by atoms with Crippen LogP contribution in [0, 0.1) is 13.8 Å². The minimum atomic E-state index is -0.928. The van der Waals surface area contributed by atoms with Crippen molar-refractivity contribution in [2.24, 2.45) is 0 Å². The van der Waals surface area contributed by atoms with Gasteiger partial charge in [-0.25, -0.2) is 0 Å². The van der Waals surface area contributed by atoms with Gasteiger partial charge < -0.3 is 16.2 Å². The Bertz CT molecular complexity index is 926. The maximum Gasteiger partial charge on any atom is 0.251 e. The molecule has 0 aliphatic heterocycles. The van der Waals surface area contributed by atoms with E-state index in [9.17, 15) is 9.90 Å². The van der Waals surface area contributed by atoms with Gasteiger partial charge in [0.25, 0.3) is 5.91 Å². The van der Waals surface area contributed by atoms with Gasteiger partial charge in [-0.15, -0.1) is 16.4 Å². The molecular weight excluding hydrogens is 350 g/mol. The molecule has 0 saturated carbocycles. The fraction of sp³-hybridized carbons (Fsp3) is 0.278. The fourth-order valence-electron chi connectivity index (χ4n) is 2.63. The second-order valence-electron chi connectivity index (χ2n) is 5.95. The van der Waals surface area contributed by atoms with Crippen LogP contribution in [0.5, 0.6) is 0 Å². The van der Waals surface area contributed by atoms with E-state index in [-0.39, 0.29) is 5.91 Å². The van der Waals surface area contributed by atoms with Crippen LogP contribution in [0.4, 0.5) is 5.69 Å². The Morgan fingerprint density at radius 1 is 1.23 bits per heavy atom. The number of anilines is 1. The number of hydrogen-bond acceptors (Lipinski definition) is 7. The van der Waals surface area contributed by atoms with Crippen molar-refractivity contribution in [3.8, 4) is 0 Å². The maximum atomic E-state index is 12.0. The van der Waals surface area contributed by atoms with Gasteiger partial charge in [0, 0.05) is 24.0 Å². The molecular formula is C18H21N5O2S. The second-order valence-corrected chi connectivity index (χ2v) is 6.98. The van der Waals surface area contributed by atoms with Gasteiger partial charge in [-0.3, -0.25) is 10.1 Å². The van der Waals surface area contributed by atoms with E-state index in [0.717, 1.165) is 16.6 Å². The molecule has 3 rings (SSSR count). The lowest BCUT2D eigenvalue weighted by atomic mass is 10.1. The summed E-state index contributed by atoms with van der Waals surface area (Å²) in [4.78, 5) is 13.3. The number of aromatic nitrogens is 2. The number of aryl methyl sites for hydroxylation is 2. The highest BCUT2D eigenvalue weighted by molar-refractivity contribution is 7.19. The second kappa shape index (κ2) is 7.77. The lowest BCUT2D eigenvalue weighted by Crippen LogP contribution is -2.33. The minimum Gasteiger partial charge on any atom is -0.397 e. The summed E-state index contributed by atoms with van der Waals surface area (Å²) >= 11 is 1.32. The standard InChI is InChI=1S/C18H21N5O2S/c1-10-11(2)22-23-18-13(10)14(19)15(26-18)17(25)21-9-8-20-16(24)12-6-4-3-5-7-12/h3-7,17,21,25H,8-9,19H2,1-2H3,(H,20,24). The molecule has 5 N–H and O–H groups in total. The minimum absolute atomic E-state index is 0.148. The van der Waals surface area contributed by atoms with Crippen LogP contribution in [0.1, 0.15) is 32.7 Å². The highest BCUT2D eigenvalue weighted by Gasteiger charge is 2.19. The molecule has 0 aliphatic rings. The quantitative estimate of drug-likeness (QED) is 0.389. The number of aliphatic hydroxyl groups excluding tert-OH is 1. The number of carbonyl (C=O) groups is 1. The number of benzene rings is 1. The van der Waals surface area contributed by atoms with E-state index in [1.54, 1.807) is 12.1 Å². The van der Waals surface area contributed by atoms with Crippen molar-refractivity contribution in [1.82, 2.24) is 20.8 Å². The topological polar surface area (TPSA) is 113 Å². The number of nitrogens with zero attached hydrogens (tertiary/aromatic N) is 2. The van der Waals surface area contributed by atoms with Gasteiger partial charge in [0.15, 0.2) is 0 Å². The predicted octanol–water partition coefficient (Wildman–Crippen LogP) is 1.90. The number of aliphatic hydroxyl groups is 1. The van der Waals surface area contributed by atoms with Crippen LogP contribution >= 0.6 is 11.3 Å². The molecule has 1 unspecified atom stereocenters. The number of amides is 1. The summed E-state index contributed by atoms with van der Waals surface area (Å²) in [5, 5.41) is 25.3. The monoisotopic (exact) mass is 371 g/mol. The van der Waals surface area contributed by atoms with Crippen molar-refractivity contribution in [3.63, 3.8) is 0 Å². The molecule has 3 aromatic rings. The third-order valence-electron chi connectivity index (χ3n) is 4.20. The van der Waals surface area contributed by atoms with E-state index >= 15 is 0 Å². The van der Waals surface area contributed by atoms with Gasteiger partial charge in [-0.2, -0.15) is 5.10 Å². The lowest BCUT2D eigenvalue weighted by Gasteiger charge is -2.12. The van der Waals surface area contributed by atoms with Crippen molar-refractivity contribution in [3.05, 3.63) is 52.0 Å². The van der Waals surface area contributed by atoms with E-state index in [2.05, 4.69) is 20.8 Å². The summed E-state index contributed by atoms with van der Waals surface area (Å²) in [6.45, 7) is 4.60. The average Bonchev–Trinajstić information content (AvgIpc) is 2.99. The normalized spacial score (nSPS) is 12.3. The van der Waals surface area contributed by atoms with Crippen LogP contribution in [0.25, 0.3) is 10.2 Å². The molecule has 2 aromatic heterocycles. The van der Waals surface area contributed by atoms with Crippen molar-refractivity contribution in [2.45, 2.75) is 20.1 Å². The Balaban J connectivity index is 1.60. The summed E-state index contributed by atoms with van der Waals surface area (Å²) in [5.74, 6) is -0.148. The Morgan fingerprint density at radius 3 is 2.69 bits per heavy atom. The first-order chi connectivity index (χ1) is 12.5. The zero-order valence-corrected chi connectivity index (χ0v) is 15.4. The molecule has 7 nitrogen and oxygen atoms in total. The fourth-order valence-corrected chi connectivity index (χ4v) is 3.69. The number of thiophene rings is 1. The molecule has 0 aliphatic carbocycles. The number of carbonyl (C=O) groups excluding carboxylic acids is 1. The first-order valence-electron chi connectivity index (χ1n) is 8.25. The molecule has 1 amide bonds. The molecule has 1 atom stereocenters. The Hall–Kier alpha value is -2.55. The van der Waals surface area contributed by atoms with Crippen LogP contribution in [0.3, 0.4) is 0 Å². The van der Waals surface area contributed by atoms with Gasteiger partial charge >= 0.3 is 0 Å². The Morgan fingerprint density at radius 2 is 1.96 bits per heavy atom. The van der Waals surface area contributed by atoms with E-state index in [4.69, 9.17) is 5.73 Å². The molecule has 0 spiro atoms. The number of fused-ring (bicyclic) bond motifs is 1. The van der Waals surface area contributed by atoms with Crippen molar-refractivity contribution < 1.29 is 9.90 Å². The highest BCUT2D eigenvalue weighted by Crippen LogP contribution is 2.37. The first kappa shape index (κ1) is 18.2. The van der Waals surface area contributed by atoms with Crippen LogP contribution < -0.4 is 16.4 Å². The van der Waals surface area contributed by atoms with Gasteiger partial charge in [-0.1, -0.05) is 18.2 Å². The summed E-state index contributed by atoms with van der Waals surface area (Å²) in [5.41, 5.74) is 9.12. The van der Waals surface area contributed by atoms with Crippen LogP contribution in [0.15, 0.2) is 30.3 Å². The summed E-state index contributed by atoms with van der Waals surface area (Å²) in [6.07, 6.45) is -0.928. The van der Waals surface area contributed by atoms with E-state index in [0.29, 0.717) is 34.0 Å². The molecule has 8 heteroatoms. The average molecular weight is 371 g/mol. The van der Waals surface area contributed by atoms with Crippen LogP contribution in [-0.2, 0) is 0 Å². The largest absolute Gasteiger partial charge is 0.397 e. The molecule has 0 fully saturated rings. The summed E-state index contributed by atoms with van der Waals surface area (Å²) in [6, 6.07) is 8.99. The number of nitrogens with one attached hydrogen (secondary N) is 2. The van der Waals surface area contributed by atoms with Crippen molar-refractivity contribution >= 4 is 33.1 Å². The zero-order valence-electron chi connectivity index (χ0n) is 14.6. The molecule has 26 heavy (non-hydrogen) atoms. The van der Waals surface area contributed by atoms with E-state index < -0.39 is 6.23 Å². The molecule has 0 saturated heterocycles. The number of hydrogen-bond donors (Lipinski definition) is 4. The molecule has 136 valence electrons. The van der Waals surface area contributed by atoms with Gasteiger partial charge in [0.05, 0.1) is 16.3 Å². The van der Waals surface area contributed by atoms with Crippen molar-refractivity contribution in [1.29, 1.82) is 0 Å². The predicted molar refractivity (Wildman–Crippen MR) is 103 cm³/mol. The molecule has 0 bridgehead atoms. The van der Waals surface area contributed by atoms with Gasteiger partial charge in [0.1, 0.15) is 11.1 Å². The third kappa shape index (κ3) is 3.67. The van der Waals surface area contributed by atoms with Crippen LogP contribution in [-0.4, -0.2) is 34.3 Å². The molecule has 1 aromatic carbocycles. The van der Waals surface area contributed by atoms with Gasteiger partial charge in [-0.05, 0) is 31.5 Å². The van der Waals surface area contributed by atoms with E-state index in [1.807, 2.05) is 32.0 Å². The Labute approximate surface area is 155 Å². The van der Waals surface area contributed by atoms with Crippen LogP contribution in [0.2, 0.25) is 0 Å². The number of rotatable bonds is 6. The SMILES string of the molecule is Cc1nnc2sc(C(O)NCCNC(=O)c3ccccc3)c(N)c2c1C. The first-order valence-corrected chi connectivity index (χ1v) is 9.07. The number of nitrogen functional groups attached to an aromatic ring is 1. The van der Waals surface area contributed by atoms with E-state index in [1.165, 1.54) is 11.3 Å². The third-order valence-corrected chi connectivity index (χ3v) is 5.34. The van der Waals surface area contributed by atoms with Gasteiger partial charge in [0.2, 0.25) is 0 Å². The summed E-state index contributed by atoms with van der Waals surface area (Å²) < 4.78 is 0. The Kier molecular flexibility index (Phi) is 5.46. The lowest BCUT2D eigenvalue weighted by molar-refractivity contribution is 0.0947. The maximum absolute atomic E-state index is 12.0. The highest BCUT2D eigenvalue weighted by atomic mass is 32.1. The zero-order chi connectivity index (χ0) is 18.7. The molecule has 2 heterocycles. The summed E-state index contributed by atoms with van der Waals surface area (Å²) in [7, 11) is 0. The van der Waals surface area contributed by atoms with Crippen molar-refractivity contribution in [2.75, 3.05) is 18.8 Å². The smallest absolute Gasteiger partial charge is 0.251 e.